The van der Waals surface area contributed by atoms with Crippen LogP contribution in [0.15, 0.2) is 24.3 Å². The number of aromatic nitrogens is 2. The molecule has 1 aromatic carbocycles. The Hall–Kier alpha value is -2.41. The van der Waals surface area contributed by atoms with E-state index in [9.17, 15) is 9.59 Å². The number of carbonyl (C=O) groups is 2. The zero-order valence-electron chi connectivity index (χ0n) is 18.0. The predicted molar refractivity (Wildman–Crippen MR) is 117 cm³/mol. The van der Waals surface area contributed by atoms with Crippen molar-refractivity contribution in [2.75, 3.05) is 26.3 Å². The molecule has 30 heavy (non-hydrogen) atoms. The highest BCUT2D eigenvalue weighted by Gasteiger charge is 2.21. The van der Waals surface area contributed by atoms with Gasteiger partial charge in [-0.2, -0.15) is 0 Å². The first kappa shape index (κ1) is 22.3. The average molecular weight is 415 g/mol. The lowest BCUT2D eigenvalue weighted by molar-refractivity contribution is -0.126. The van der Waals surface area contributed by atoms with Gasteiger partial charge in [-0.1, -0.05) is 31.4 Å². The number of hydrogen-bond acceptors (Lipinski definition) is 4. The molecule has 3 rings (SSSR count). The van der Waals surface area contributed by atoms with E-state index in [0.29, 0.717) is 32.7 Å². The minimum Gasteiger partial charge on any atom is -0.382 e. The van der Waals surface area contributed by atoms with Crippen molar-refractivity contribution >= 4 is 22.8 Å². The summed E-state index contributed by atoms with van der Waals surface area (Å²) < 4.78 is 7.26. The predicted octanol–water partition coefficient (Wildman–Crippen LogP) is 2.82. The van der Waals surface area contributed by atoms with E-state index >= 15 is 0 Å². The summed E-state index contributed by atoms with van der Waals surface area (Å²) in [6.45, 7) is 4.65. The number of amides is 2. The van der Waals surface area contributed by atoms with Crippen LogP contribution in [0.4, 0.5) is 0 Å². The monoisotopic (exact) mass is 414 g/mol. The van der Waals surface area contributed by atoms with E-state index in [1.807, 2.05) is 35.8 Å². The largest absolute Gasteiger partial charge is 0.382 e. The van der Waals surface area contributed by atoms with E-state index in [-0.39, 0.29) is 24.3 Å². The summed E-state index contributed by atoms with van der Waals surface area (Å²) in [6.07, 6.45) is 6.92. The van der Waals surface area contributed by atoms with Gasteiger partial charge in [0.05, 0.1) is 11.0 Å². The van der Waals surface area contributed by atoms with Crippen LogP contribution in [-0.4, -0.2) is 47.7 Å². The molecule has 7 nitrogen and oxygen atoms in total. The van der Waals surface area contributed by atoms with E-state index < -0.39 is 0 Å². The zero-order valence-corrected chi connectivity index (χ0v) is 18.0. The van der Waals surface area contributed by atoms with Gasteiger partial charge < -0.3 is 19.9 Å². The van der Waals surface area contributed by atoms with E-state index in [1.54, 1.807) is 0 Å². The van der Waals surface area contributed by atoms with Crippen LogP contribution in [-0.2, 0) is 27.3 Å². The first-order chi connectivity index (χ1) is 14.7. The highest BCUT2D eigenvalue weighted by atomic mass is 16.5. The van der Waals surface area contributed by atoms with Gasteiger partial charge in [-0.25, -0.2) is 4.98 Å². The number of nitrogens with zero attached hydrogens (tertiary/aromatic N) is 2. The van der Waals surface area contributed by atoms with Crippen molar-refractivity contribution < 1.29 is 14.3 Å². The van der Waals surface area contributed by atoms with Crippen molar-refractivity contribution in [3.8, 4) is 0 Å². The Kier molecular flexibility index (Phi) is 8.68. The van der Waals surface area contributed by atoms with E-state index in [4.69, 9.17) is 9.72 Å². The fraction of sp³-hybridized carbons (Fsp3) is 0.609. The number of carbonyl (C=O) groups excluding carboxylic acids is 2. The third kappa shape index (κ3) is 6.29. The van der Waals surface area contributed by atoms with Gasteiger partial charge in [0.1, 0.15) is 12.4 Å². The molecule has 1 aromatic heterocycles. The number of para-hydroxylation sites is 2. The van der Waals surface area contributed by atoms with E-state index in [1.165, 1.54) is 6.42 Å². The SMILES string of the molecule is CCOCCCNC(=O)Cn1c(CCNC(=O)C2CCCCC2)nc2ccccc21. The molecule has 1 aliphatic carbocycles. The van der Waals surface area contributed by atoms with Crippen molar-refractivity contribution in [3.05, 3.63) is 30.1 Å². The molecule has 1 saturated carbocycles. The Bertz CT molecular complexity index is 827. The highest BCUT2D eigenvalue weighted by Crippen LogP contribution is 2.23. The molecule has 164 valence electrons. The fourth-order valence-corrected chi connectivity index (χ4v) is 4.05. The third-order valence-corrected chi connectivity index (χ3v) is 5.65. The minimum absolute atomic E-state index is 0.0397. The Morgan fingerprint density at radius 2 is 1.93 bits per heavy atom. The van der Waals surface area contributed by atoms with Gasteiger partial charge in [-0.05, 0) is 38.3 Å². The normalized spacial score (nSPS) is 14.7. The molecule has 0 unspecified atom stereocenters. The van der Waals surface area contributed by atoms with Crippen molar-refractivity contribution in [1.29, 1.82) is 0 Å². The second-order valence-corrected chi connectivity index (χ2v) is 7.88. The molecule has 0 saturated heterocycles. The molecule has 0 spiro atoms. The van der Waals surface area contributed by atoms with Gasteiger partial charge in [0.25, 0.3) is 0 Å². The summed E-state index contributed by atoms with van der Waals surface area (Å²) in [7, 11) is 0. The number of imidazole rings is 1. The Morgan fingerprint density at radius 3 is 2.73 bits per heavy atom. The summed E-state index contributed by atoms with van der Waals surface area (Å²) >= 11 is 0. The summed E-state index contributed by atoms with van der Waals surface area (Å²) in [6, 6.07) is 7.84. The number of benzene rings is 1. The Labute approximate surface area is 178 Å². The number of hydrogen-bond donors (Lipinski definition) is 2. The number of fused-ring (bicyclic) bond motifs is 1. The molecule has 0 atom stereocenters. The highest BCUT2D eigenvalue weighted by molar-refractivity contribution is 5.81. The van der Waals surface area contributed by atoms with Crippen molar-refractivity contribution in [3.63, 3.8) is 0 Å². The molecule has 2 aromatic rings. The standard InChI is InChI=1S/C23H34N4O3/c1-2-30-16-8-14-24-22(28)17-27-20-12-7-6-11-19(20)26-21(27)13-15-25-23(29)18-9-4-3-5-10-18/h6-7,11-12,18H,2-5,8-10,13-17H2,1H3,(H,24,28)(H,25,29). The van der Waals surface area contributed by atoms with Gasteiger partial charge in [-0.3, -0.25) is 9.59 Å². The first-order valence-electron chi connectivity index (χ1n) is 11.3. The van der Waals surface area contributed by atoms with Gasteiger partial charge >= 0.3 is 0 Å². The van der Waals surface area contributed by atoms with Gasteiger partial charge in [0.2, 0.25) is 11.8 Å². The quantitative estimate of drug-likeness (QED) is 0.554. The second-order valence-electron chi connectivity index (χ2n) is 7.88. The molecule has 0 bridgehead atoms. The van der Waals surface area contributed by atoms with Crippen LogP contribution < -0.4 is 10.6 Å². The van der Waals surface area contributed by atoms with Crippen LogP contribution in [0, 0.1) is 5.92 Å². The maximum absolute atomic E-state index is 12.5. The summed E-state index contributed by atoms with van der Waals surface area (Å²) in [5.74, 6) is 1.09. The number of rotatable bonds is 11. The molecule has 0 aliphatic heterocycles. The molecule has 2 amide bonds. The molecule has 1 heterocycles. The Morgan fingerprint density at radius 1 is 1.13 bits per heavy atom. The third-order valence-electron chi connectivity index (χ3n) is 5.65. The van der Waals surface area contributed by atoms with Gasteiger partial charge in [-0.15, -0.1) is 0 Å². The molecule has 2 N–H and O–H groups in total. The van der Waals surface area contributed by atoms with Crippen molar-refractivity contribution in [2.45, 2.75) is 58.4 Å². The van der Waals surface area contributed by atoms with Crippen molar-refractivity contribution in [2.24, 2.45) is 5.92 Å². The maximum atomic E-state index is 12.5. The van der Waals surface area contributed by atoms with Crippen LogP contribution in [0.3, 0.4) is 0 Å². The lowest BCUT2D eigenvalue weighted by Crippen LogP contribution is -2.34. The number of ether oxygens (including phenoxy) is 1. The topological polar surface area (TPSA) is 85.2 Å². The van der Waals surface area contributed by atoms with Gasteiger partial charge in [0, 0.05) is 38.6 Å². The molecule has 1 fully saturated rings. The Balaban J connectivity index is 1.57. The van der Waals surface area contributed by atoms with Crippen LogP contribution in [0.1, 0.15) is 51.3 Å². The molecule has 1 aliphatic rings. The van der Waals surface area contributed by atoms with Crippen LogP contribution in [0.2, 0.25) is 0 Å². The molecular weight excluding hydrogens is 380 g/mol. The molecule has 7 heteroatoms. The van der Waals surface area contributed by atoms with Crippen LogP contribution >= 0.6 is 0 Å². The molecule has 0 radical (unpaired) electrons. The fourth-order valence-electron chi connectivity index (χ4n) is 4.05. The summed E-state index contributed by atoms with van der Waals surface area (Å²) in [5.41, 5.74) is 1.81. The zero-order chi connectivity index (χ0) is 21.2. The van der Waals surface area contributed by atoms with E-state index in [2.05, 4.69) is 10.6 Å². The van der Waals surface area contributed by atoms with Crippen LogP contribution in [0.5, 0.6) is 0 Å². The lowest BCUT2D eigenvalue weighted by Gasteiger charge is -2.20. The second kappa shape index (κ2) is 11.7. The minimum atomic E-state index is -0.0397. The smallest absolute Gasteiger partial charge is 0.240 e. The summed E-state index contributed by atoms with van der Waals surface area (Å²) in [5, 5.41) is 6.02. The average Bonchev–Trinajstić information content (AvgIpc) is 3.11. The van der Waals surface area contributed by atoms with Gasteiger partial charge in [0.15, 0.2) is 0 Å². The first-order valence-corrected chi connectivity index (χ1v) is 11.3. The summed E-state index contributed by atoms with van der Waals surface area (Å²) in [4.78, 5) is 29.6. The van der Waals surface area contributed by atoms with E-state index in [0.717, 1.165) is 49.0 Å². The maximum Gasteiger partial charge on any atom is 0.240 e. The number of nitrogens with one attached hydrogen (secondary N) is 2. The molecular formula is C23H34N4O3. The van der Waals surface area contributed by atoms with Crippen molar-refractivity contribution in [1.82, 2.24) is 20.2 Å². The lowest BCUT2D eigenvalue weighted by atomic mass is 9.89. The van der Waals surface area contributed by atoms with Crippen LogP contribution in [0.25, 0.3) is 11.0 Å².